The van der Waals surface area contributed by atoms with Crippen molar-refractivity contribution in [2.45, 2.75) is 6.61 Å². The molecule has 0 spiro atoms. The lowest BCUT2D eigenvalue weighted by molar-refractivity contribution is 0.0991. The van der Waals surface area contributed by atoms with Crippen molar-refractivity contribution < 1.29 is 23.1 Å². The fourth-order valence-electron chi connectivity index (χ4n) is 2.87. The number of halogens is 1. The molecule has 156 valence electrons. The Labute approximate surface area is 177 Å². The van der Waals surface area contributed by atoms with Gasteiger partial charge in [-0.15, -0.1) is 0 Å². The number of ether oxygens (including phenoxy) is 1. The topological polar surface area (TPSA) is 86.4 Å². The van der Waals surface area contributed by atoms with Gasteiger partial charge in [-0.25, -0.2) is 9.37 Å². The van der Waals surface area contributed by atoms with Crippen LogP contribution in [0.5, 0.6) is 5.75 Å². The Hall–Kier alpha value is -4.20. The smallest absolute Gasteiger partial charge is 0.291 e. The lowest BCUT2D eigenvalue weighted by atomic mass is 10.1. The molecule has 0 bridgehead atoms. The van der Waals surface area contributed by atoms with Gasteiger partial charge >= 0.3 is 0 Å². The Morgan fingerprint density at radius 2 is 1.81 bits per heavy atom. The number of aryl methyl sites for hydroxylation is 1. The quantitative estimate of drug-likeness (QED) is 0.454. The largest absolute Gasteiger partial charge is 0.486 e. The molecule has 0 fully saturated rings. The number of carbonyl (C=O) groups excluding carboxylic acids is 2. The van der Waals surface area contributed by atoms with E-state index in [4.69, 9.17) is 9.15 Å². The van der Waals surface area contributed by atoms with Crippen molar-refractivity contribution >= 4 is 17.4 Å². The average Bonchev–Trinajstić information content (AvgIpc) is 3.42. The molecule has 0 aliphatic rings. The maximum Gasteiger partial charge on any atom is 0.291 e. The molecule has 2 heterocycles. The standard InChI is InChI=1S/C23H18FN3O4/c1-27-13-12-25-22(27)21(28)15-2-6-17(7-3-15)26-23(29)20-11-10-19(31-20)14-30-18-8-4-16(24)5-9-18/h2-13H,14H2,1H3,(H,26,29). The predicted octanol–water partition coefficient (Wildman–Crippen LogP) is 4.21. The molecule has 4 aromatic rings. The minimum absolute atomic E-state index is 0.100. The van der Waals surface area contributed by atoms with Crippen molar-refractivity contribution in [2.24, 2.45) is 7.05 Å². The molecule has 1 amide bonds. The van der Waals surface area contributed by atoms with E-state index in [1.807, 2.05) is 0 Å². The van der Waals surface area contributed by atoms with Crippen LogP contribution in [0.3, 0.4) is 0 Å². The second-order valence-electron chi connectivity index (χ2n) is 6.73. The van der Waals surface area contributed by atoms with Crippen molar-refractivity contribution in [1.29, 1.82) is 0 Å². The van der Waals surface area contributed by atoms with Gasteiger partial charge in [0, 0.05) is 30.7 Å². The monoisotopic (exact) mass is 419 g/mol. The Morgan fingerprint density at radius 1 is 1.06 bits per heavy atom. The molecule has 4 rings (SSSR count). The molecule has 0 atom stereocenters. The molecule has 1 N–H and O–H groups in total. The van der Waals surface area contributed by atoms with Crippen molar-refractivity contribution in [1.82, 2.24) is 9.55 Å². The van der Waals surface area contributed by atoms with Crippen LogP contribution in [0.2, 0.25) is 0 Å². The van der Waals surface area contributed by atoms with Crippen LogP contribution in [0.4, 0.5) is 10.1 Å². The van der Waals surface area contributed by atoms with E-state index < -0.39 is 5.91 Å². The maximum atomic E-state index is 12.9. The SMILES string of the molecule is Cn1ccnc1C(=O)c1ccc(NC(=O)c2ccc(COc3ccc(F)cc3)o2)cc1. The summed E-state index contributed by atoms with van der Waals surface area (Å²) in [6.45, 7) is 0.100. The van der Waals surface area contributed by atoms with Gasteiger partial charge in [0.25, 0.3) is 5.91 Å². The van der Waals surface area contributed by atoms with E-state index in [9.17, 15) is 14.0 Å². The molecule has 8 heteroatoms. The van der Waals surface area contributed by atoms with E-state index in [0.29, 0.717) is 28.6 Å². The first-order valence-corrected chi connectivity index (χ1v) is 9.40. The number of imidazole rings is 1. The van der Waals surface area contributed by atoms with E-state index in [1.165, 1.54) is 30.3 Å². The zero-order chi connectivity index (χ0) is 21.8. The number of benzene rings is 2. The fourth-order valence-corrected chi connectivity index (χ4v) is 2.87. The molecule has 0 unspecified atom stereocenters. The maximum absolute atomic E-state index is 12.9. The van der Waals surface area contributed by atoms with E-state index >= 15 is 0 Å². The van der Waals surface area contributed by atoms with Crippen molar-refractivity contribution in [3.05, 3.63) is 102 Å². The highest BCUT2D eigenvalue weighted by molar-refractivity contribution is 6.07. The number of nitrogens with one attached hydrogen (secondary N) is 1. The highest BCUT2D eigenvalue weighted by Gasteiger charge is 2.15. The number of anilines is 1. The molecule has 0 aliphatic carbocycles. The van der Waals surface area contributed by atoms with Gasteiger partial charge in [-0.05, 0) is 60.7 Å². The summed E-state index contributed by atoms with van der Waals surface area (Å²) in [6.07, 6.45) is 3.26. The number of rotatable bonds is 7. The summed E-state index contributed by atoms with van der Waals surface area (Å²) in [4.78, 5) is 28.9. The molecule has 7 nitrogen and oxygen atoms in total. The van der Waals surface area contributed by atoms with Gasteiger partial charge in [0.2, 0.25) is 5.78 Å². The average molecular weight is 419 g/mol. The summed E-state index contributed by atoms with van der Waals surface area (Å²) >= 11 is 0. The molecule has 2 aromatic heterocycles. The number of nitrogens with zero attached hydrogens (tertiary/aromatic N) is 2. The summed E-state index contributed by atoms with van der Waals surface area (Å²) in [7, 11) is 1.75. The van der Waals surface area contributed by atoms with Crippen LogP contribution in [0.25, 0.3) is 0 Å². The number of furan rings is 1. The molecule has 0 aliphatic heterocycles. The van der Waals surface area contributed by atoms with Gasteiger partial charge in [-0.1, -0.05) is 0 Å². The first-order valence-electron chi connectivity index (χ1n) is 9.40. The number of ketones is 1. The summed E-state index contributed by atoms with van der Waals surface area (Å²) in [5, 5.41) is 2.72. The van der Waals surface area contributed by atoms with Crippen molar-refractivity contribution in [3.8, 4) is 5.75 Å². The third-order valence-corrected chi connectivity index (χ3v) is 4.51. The molecule has 0 radical (unpaired) electrons. The van der Waals surface area contributed by atoms with Gasteiger partial charge in [0.15, 0.2) is 11.6 Å². The van der Waals surface area contributed by atoms with Gasteiger partial charge in [-0.2, -0.15) is 0 Å². The van der Waals surface area contributed by atoms with E-state index in [2.05, 4.69) is 10.3 Å². The van der Waals surface area contributed by atoms with Gasteiger partial charge < -0.3 is 19.0 Å². The summed E-state index contributed by atoms with van der Waals surface area (Å²) in [6, 6.07) is 15.3. The molecule has 0 saturated carbocycles. The Balaban J connectivity index is 1.35. The van der Waals surface area contributed by atoms with Crippen molar-refractivity contribution in [3.63, 3.8) is 0 Å². The highest BCUT2D eigenvalue weighted by atomic mass is 19.1. The summed E-state index contributed by atoms with van der Waals surface area (Å²) in [5.41, 5.74) is 0.979. The highest BCUT2D eigenvalue weighted by Crippen LogP contribution is 2.17. The van der Waals surface area contributed by atoms with Gasteiger partial charge in [0.05, 0.1) is 0 Å². The van der Waals surface area contributed by atoms with E-state index in [0.717, 1.165) is 0 Å². The Kier molecular flexibility index (Phi) is 5.61. The predicted molar refractivity (Wildman–Crippen MR) is 110 cm³/mol. The number of hydrogen-bond acceptors (Lipinski definition) is 5. The zero-order valence-electron chi connectivity index (χ0n) is 16.5. The number of aromatic nitrogens is 2. The lowest BCUT2D eigenvalue weighted by Gasteiger charge is -2.06. The second-order valence-corrected chi connectivity index (χ2v) is 6.73. The van der Waals surface area contributed by atoms with Crippen LogP contribution >= 0.6 is 0 Å². The van der Waals surface area contributed by atoms with Crippen LogP contribution in [-0.4, -0.2) is 21.2 Å². The normalized spacial score (nSPS) is 10.6. The first-order chi connectivity index (χ1) is 15.0. The molecule has 0 saturated heterocycles. The molecular weight excluding hydrogens is 401 g/mol. The minimum atomic E-state index is -0.434. The third-order valence-electron chi connectivity index (χ3n) is 4.51. The van der Waals surface area contributed by atoms with E-state index in [-0.39, 0.29) is 24.0 Å². The van der Waals surface area contributed by atoms with Crippen LogP contribution < -0.4 is 10.1 Å². The van der Waals surface area contributed by atoms with Crippen molar-refractivity contribution in [2.75, 3.05) is 5.32 Å². The fraction of sp³-hybridized carbons (Fsp3) is 0.0870. The number of amides is 1. The van der Waals surface area contributed by atoms with Crippen LogP contribution in [-0.2, 0) is 13.7 Å². The summed E-state index contributed by atoms with van der Waals surface area (Å²) in [5.74, 6) is 0.403. The Morgan fingerprint density at radius 3 is 2.48 bits per heavy atom. The number of hydrogen-bond donors (Lipinski definition) is 1. The minimum Gasteiger partial charge on any atom is -0.486 e. The summed E-state index contributed by atoms with van der Waals surface area (Å²) < 4.78 is 25.6. The Bertz CT molecular complexity index is 1210. The first kappa shape index (κ1) is 20.1. The number of carbonyl (C=O) groups is 2. The molecule has 31 heavy (non-hydrogen) atoms. The van der Waals surface area contributed by atoms with Gasteiger partial charge in [0.1, 0.15) is 23.9 Å². The molecular formula is C23H18FN3O4. The third kappa shape index (κ3) is 4.69. The lowest BCUT2D eigenvalue weighted by Crippen LogP contribution is -2.12. The zero-order valence-corrected chi connectivity index (χ0v) is 16.5. The van der Waals surface area contributed by atoms with E-state index in [1.54, 1.807) is 54.3 Å². The van der Waals surface area contributed by atoms with Crippen LogP contribution in [0.15, 0.2) is 77.5 Å². The van der Waals surface area contributed by atoms with Crippen LogP contribution in [0, 0.1) is 5.82 Å². The van der Waals surface area contributed by atoms with Crippen LogP contribution in [0.1, 0.15) is 32.5 Å². The molecule has 2 aromatic carbocycles. The van der Waals surface area contributed by atoms with Gasteiger partial charge in [-0.3, -0.25) is 9.59 Å². The second kappa shape index (κ2) is 8.66.